The van der Waals surface area contributed by atoms with E-state index in [-0.39, 0.29) is 24.7 Å². The highest BCUT2D eigenvalue weighted by Gasteiger charge is 2.43. The molecular weight excluding hydrogens is 338 g/mol. The number of thiazole rings is 1. The van der Waals surface area contributed by atoms with Crippen molar-refractivity contribution in [1.82, 2.24) is 14.8 Å². The summed E-state index contributed by atoms with van der Waals surface area (Å²) in [5, 5.41) is 3.27. The molecule has 6 nitrogen and oxygen atoms in total. The molecule has 25 heavy (non-hydrogen) atoms. The lowest BCUT2D eigenvalue weighted by molar-refractivity contribution is -0.145. The third-order valence-corrected chi connectivity index (χ3v) is 6.38. The maximum atomic E-state index is 12.2. The highest BCUT2D eigenvalue weighted by atomic mass is 32.1. The molecule has 4 rings (SSSR count). The molecular formula is C18H27N3O3S. The van der Waals surface area contributed by atoms with Crippen LogP contribution in [0.25, 0.3) is 0 Å². The van der Waals surface area contributed by atoms with Gasteiger partial charge < -0.3 is 14.4 Å². The van der Waals surface area contributed by atoms with Crippen LogP contribution in [0.2, 0.25) is 0 Å². The Labute approximate surface area is 153 Å². The smallest absolute Gasteiger partial charge is 0.248 e. The number of fused-ring (bicyclic) bond motifs is 1. The third-order valence-electron chi connectivity index (χ3n) is 5.56. The van der Waals surface area contributed by atoms with Crippen LogP contribution in [0.15, 0.2) is 5.38 Å². The van der Waals surface area contributed by atoms with Gasteiger partial charge in [-0.05, 0) is 32.6 Å². The van der Waals surface area contributed by atoms with Crippen molar-refractivity contribution < 1.29 is 14.3 Å². The fraction of sp³-hybridized carbons (Fsp3) is 0.778. The van der Waals surface area contributed by atoms with Gasteiger partial charge in [0.15, 0.2) is 0 Å². The lowest BCUT2D eigenvalue weighted by atomic mass is 10.1. The quantitative estimate of drug-likeness (QED) is 0.797. The number of nitrogens with zero attached hydrogens (tertiary/aromatic N) is 3. The molecule has 0 bridgehead atoms. The highest BCUT2D eigenvalue weighted by molar-refractivity contribution is 7.09. The molecule has 0 radical (unpaired) electrons. The van der Waals surface area contributed by atoms with Gasteiger partial charge in [-0.15, -0.1) is 11.3 Å². The van der Waals surface area contributed by atoms with Crippen molar-refractivity contribution in [2.24, 2.45) is 0 Å². The molecule has 1 aliphatic carbocycles. The van der Waals surface area contributed by atoms with E-state index in [1.165, 1.54) is 0 Å². The zero-order valence-corrected chi connectivity index (χ0v) is 15.7. The first-order valence-electron chi connectivity index (χ1n) is 9.37. The van der Waals surface area contributed by atoms with Crippen molar-refractivity contribution in [3.8, 4) is 0 Å². The van der Waals surface area contributed by atoms with Gasteiger partial charge in [0, 0.05) is 37.6 Å². The Balaban J connectivity index is 1.32. The fourth-order valence-corrected chi connectivity index (χ4v) is 4.90. The number of aryl methyl sites for hydroxylation is 1. The number of likely N-dealkylation sites (tertiary alicyclic amines) is 1. The largest absolute Gasteiger partial charge is 0.373 e. The summed E-state index contributed by atoms with van der Waals surface area (Å²) in [6.45, 7) is 6.57. The topological polar surface area (TPSA) is 54.9 Å². The first-order valence-corrected chi connectivity index (χ1v) is 10.2. The van der Waals surface area contributed by atoms with Crippen LogP contribution in [-0.4, -0.2) is 71.8 Å². The average Bonchev–Trinajstić information content (AvgIpc) is 3.34. The van der Waals surface area contributed by atoms with Crippen LogP contribution in [0.5, 0.6) is 0 Å². The van der Waals surface area contributed by atoms with Crippen LogP contribution in [0, 0.1) is 6.92 Å². The Morgan fingerprint density at radius 2 is 2.20 bits per heavy atom. The number of morpholine rings is 1. The van der Waals surface area contributed by atoms with E-state index in [9.17, 15) is 4.79 Å². The highest BCUT2D eigenvalue weighted by Crippen LogP contribution is 2.33. The summed E-state index contributed by atoms with van der Waals surface area (Å²) in [7, 11) is 0. The molecule has 3 aliphatic rings. The number of aromatic nitrogens is 1. The Kier molecular flexibility index (Phi) is 5.36. The summed E-state index contributed by atoms with van der Waals surface area (Å²) in [4.78, 5) is 21.2. The molecule has 1 aromatic heterocycles. The predicted octanol–water partition coefficient (Wildman–Crippen LogP) is 1.82. The van der Waals surface area contributed by atoms with Gasteiger partial charge >= 0.3 is 0 Å². The summed E-state index contributed by atoms with van der Waals surface area (Å²) in [6, 6.07) is 0.377. The second kappa shape index (κ2) is 7.70. The van der Waals surface area contributed by atoms with Crippen LogP contribution < -0.4 is 0 Å². The summed E-state index contributed by atoms with van der Waals surface area (Å²) in [5.74, 6) is 0.131. The molecule has 7 heteroatoms. The number of ether oxygens (including phenoxy) is 2. The number of rotatable bonds is 5. The molecule has 3 atom stereocenters. The fourth-order valence-electron chi connectivity index (χ4n) is 4.29. The molecule has 0 unspecified atom stereocenters. The number of carbonyl (C=O) groups excluding carboxylic acids is 1. The van der Waals surface area contributed by atoms with E-state index in [2.05, 4.69) is 15.3 Å². The Morgan fingerprint density at radius 3 is 2.96 bits per heavy atom. The van der Waals surface area contributed by atoms with Gasteiger partial charge in [0.05, 0.1) is 29.5 Å². The zero-order valence-electron chi connectivity index (χ0n) is 14.9. The molecule has 3 fully saturated rings. The number of hydrogen-bond acceptors (Lipinski definition) is 6. The van der Waals surface area contributed by atoms with Crippen LogP contribution in [-0.2, 0) is 20.8 Å². The summed E-state index contributed by atoms with van der Waals surface area (Å²) in [5.41, 5.74) is 1.15. The van der Waals surface area contributed by atoms with E-state index >= 15 is 0 Å². The molecule has 1 saturated carbocycles. The Morgan fingerprint density at radius 1 is 1.36 bits per heavy atom. The lowest BCUT2D eigenvalue weighted by Crippen LogP contribution is -2.51. The monoisotopic (exact) mass is 365 g/mol. The van der Waals surface area contributed by atoms with Crippen molar-refractivity contribution in [3.05, 3.63) is 16.1 Å². The van der Waals surface area contributed by atoms with E-state index in [1.54, 1.807) is 11.3 Å². The van der Waals surface area contributed by atoms with Gasteiger partial charge in [-0.25, -0.2) is 4.98 Å². The molecule has 2 saturated heterocycles. The van der Waals surface area contributed by atoms with E-state index in [0.29, 0.717) is 6.04 Å². The minimum Gasteiger partial charge on any atom is -0.373 e. The lowest BCUT2D eigenvalue weighted by Gasteiger charge is -2.38. The van der Waals surface area contributed by atoms with Crippen LogP contribution >= 0.6 is 11.3 Å². The van der Waals surface area contributed by atoms with E-state index in [4.69, 9.17) is 9.47 Å². The molecule has 3 heterocycles. The van der Waals surface area contributed by atoms with Gasteiger partial charge in [-0.1, -0.05) is 0 Å². The number of hydrogen-bond donors (Lipinski definition) is 0. The molecule has 1 amide bonds. The SMILES string of the molecule is Cc1nc(CN2CCO[C@@H]3[C@@H](OCC(=O)N4CCCC4)CC[C@H]32)cs1. The number of amides is 1. The molecule has 0 N–H and O–H groups in total. The Hall–Kier alpha value is -1.02. The normalized spacial score (nSPS) is 30.0. The predicted molar refractivity (Wildman–Crippen MR) is 95.6 cm³/mol. The third kappa shape index (κ3) is 3.89. The van der Waals surface area contributed by atoms with Gasteiger partial charge in [-0.2, -0.15) is 0 Å². The molecule has 1 aromatic rings. The van der Waals surface area contributed by atoms with Crippen molar-refractivity contribution in [2.75, 3.05) is 32.8 Å². The summed E-state index contributed by atoms with van der Waals surface area (Å²) in [6.07, 6.45) is 4.39. The van der Waals surface area contributed by atoms with Crippen molar-refractivity contribution in [3.63, 3.8) is 0 Å². The van der Waals surface area contributed by atoms with Crippen LogP contribution in [0.3, 0.4) is 0 Å². The Bertz CT molecular complexity index is 602. The van der Waals surface area contributed by atoms with Gasteiger partial charge in [0.25, 0.3) is 0 Å². The van der Waals surface area contributed by atoms with Crippen molar-refractivity contribution in [1.29, 1.82) is 0 Å². The second-order valence-electron chi connectivity index (χ2n) is 7.25. The van der Waals surface area contributed by atoms with Gasteiger partial charge in [0.1, 0.15) is 6.61 Å². The van der Waals surface area contributed by atoms with Gasteiger partial charge in [-0.3, -0.25) is 9.69 Å². The average molecular weight is 365 g/mol. The maximum absolute atomic E-state index is 12.2. The molecule has 138 valence electrons. The van der Waals surface area contributed by atoms with E-state index in [0.717, 1.165) is 69.2 Å². The zero-order chi connectivity index (χ0) is 17.2. The van der Waals surface area contributed by atoms with Crippen LogP contribution in [0.4, 0.5) is 0 Å². The van der Waals surface area contributed by atoms with Gasteiger partial charge in [0.2, 0.25) is 5.91 Å². The molecule has 0 spiro atoms. The van der Waals surface area contributed by atoms with Crippen molar-refractivity contribution in [2.45, 2.75) is 57.4 Å². The first kappa shape index (κ1) is 17.4. The molecule has 0 aromatic carbocycles. The minimum absolute atomic E-state index is 0.0384. The molecule has 2 aliphatic heterocycles. The summed E-state index contributed by atoms with van der Waals surface area (Å²) < 4.78 is 12.0. The van der Waals surface area contributed by atoms with Crippen LogP contribution in [0.1, 0.15) is 36.4 Å². The second-order valence-corrected chi connectivity index (χ2v) is 8.31. The standard InChI is InChI=1S/C18H27N3O3S/c1-13-19-14(12-25-13)10-21-8-9-23-18-15(21)4-5-16(18)24-11-17(22)20-6-2-3-7-20/h12,15-16,18H,2-11H2,1H3/t15-,16+,18+/m1/s1. The van der Waals surface area contributed by atoms with Crippen molar-refractivity contribution >= 4 is 17.2 Å². The number of carbonyl (C=O) groups is 1. The van der Waals surface area contributed by atoms with E-state index in [1.807, 2.05) is 11.8 Å². The maximum Gasteiger partial charge on any atom is 0.248 e. The first-order chi connectivity index (χ1) is 12.2. The van der Waals surface area contributed by atoms with E-state index < -0.39 is 0 Å². The summed E-state index contributed by atoms with van der Waals surface area (Å²) >= 11 is 1.71. The minimum atomic E-state index is 0.0384.